The number of aryl methyl sites for hydroxylation is 1. The van der Waals surface area contributed by atoms with E-state index in [1.54, 1.807) is 49.6 Å². The second-order valence-corrected chi connectivity index (χ2v) is 8.86. The maximum absolute atomic E-state index is 13.4. The van der Waals surface area contributed by atoms with Gasteiger partial charge in [-0.1, -0.05) is 64.8 Å². The lowest BCUT2D eigenvalue weighted by Gasteiger charge is -2.17. The number of carbonyl (C=O) groups excluding carboxylic acids is 2. The quantitative estimate of drug-likeness (QED) is 0.416. The molecule has 1 aliphatic rings. The van der Waals surface area contributed by atoms with E-state index in [2.05, 4.69) is 5.32 Å². The molecule has 5 nitrogen and oxygen atoms in total. The Balaban J connectivity index is 1.77. The van der Waals surface area contributed by atoms with Crippen molar-refractivity contribution in [3.63, 3.8) is 0 Å². The minimum Gasteiger partial charge on any atom is -0.497 e. The Labute approximate surface area is 200 Å². The highest BCUT2D eigenvalue weighted by Gasteiger charge is 2.41. The van der Waals surface area contributed by atoms with Gasteiger partial charge in [-0.2, -0.15) is 0 Å². The number of thioether (sulfide) groups is 1. The van der Waals surface area contributed by atoms with Gasteiger partial charge in [-0.25, -0.2) is 4.90 Å². The molecule has 0 fully saturated rings. The lowest BCUT2D eigenvalue weighted by Crippen LogP contribution is -2.32. The zero-order valence-corrected chi connectivity index (χ0v) is 19.5. The molecule has 0 spiro atoms. The van der Waals surface area contributed by atoms with Crippen molar-refractivity contribution in [1.82, 2.24) is 0 Å². The van der Waals surface area contributed by atoms with Crippen LogP contribution in [-0.2, 0) is 9.59 Å². The molecule has 0 aliphatic carbocycles. The molecule has 8 heteroatoms. The Bertz CT molecular complexity index is 1240. The van der Waals surface area contributed by atoms with Crippen LogP contribution in [0.3, 0.4) is 0 Å². The Hall–Kier alpha value is -2.93. The molecule has 162 valence electrons. The zero-order valence-electron chi connectivity index (χ0n) is 17.2. The summed E-state index contributed by atoms with van der Waals surface area (Å²) in [6.45, 7) is 1.98. The van der Waals surface area contributed by atoms with Crippen molar-refractivity contribution in [2.75, 3.05) is 17.3 Å². The van der Waals surface area contributed by atoms with Crippen LogP contribution in [0.4, 0.5) is 11.4 Å². The molecular weight excluding hydrogens is 467 g/mol. The zero-order chi connectivity index (χ0) is 22.8. The van der Waals surface area contributed by atoms with Gasteiger partial charge in [-0.3, -0.25) is 9.59 Å². The van der Waals surface area contributed by atoms with Crippen molar-refractivity contribution in [3.8, 4) is 5.75 Å². The summed E-state index contributed by atoms with van der Waals surface area (Å²) in [5.74, 6) is -0.374. The third-order valence-electron chi connectivity index (χ3n) is 4.79. The van der Waals surface area contributed by atoms with Crippen LogP contribution in [0, 0.1) is 6.92 Å². The molecule has 3 aromatic carbocycles. The Morgan fingerprint density at radius 3 is 2.38 bits per heavy atom. The van der Waals surface area contributed by atoms with Crippen molar-refractivity contribution in [3.05, 3.63) is 92.9 Å². The van der Waals surface area contributed by atoms with Crippen LogP contribution in [0.1, 0.15) is 5.56 Å². The number of benzene rings is 3. The number of halogens is 2. The Morgan fingerprint density at radius 2 is 1.66 bits per heavy atom. The van der Waals surface area contributed by atoms with Gasteiger partial charge in [0.05, 0.1) is 22.8 Å². The summed E-state index contributed by atoms with van der Waals surface area (Å²) >= 11 is 13.7. The van der Waals surface area contributed by atoms with Gasteiger partial charge < -0.3 is 10.1 Å². The van der Waals surface area contributed by atoms with Crippen molar-refractivity contribution in [2.45, 2.75) is 11.8 Å². The second kappa shape index (κ2) is 9.28. The number of amides is 2. The summed E-state index contributed by atoms with van der Waals surface area (Å²) in [7, 11) is 1.56. The molecular formula is C24H18Cl2N2O3S. The SMILES string of the molecule is COc1cccc(NC2=C(Sc3ccc(C)cc3)C(=O)N(c3cccc(Cl)c3Cl)C2=O)c1. The lowest BCUT2D eigenvalue weighted by atomic mass is 10.2. The summed E-state index contributed by atoms with van der Waals surface area (Å²) < 4.78 is 5.26. The van der Waals surface area contributed by atoms with E-state index < -0.39 is 11.8 Å². The van der Waals surface area contributed by atoms with Crippen LogP contribution in [0.5, 0.6) is 5.75 Å². The maximum atomic E-state index is 13.4. The monoisotopic (exact) mass is 484 g/mol. The van der Waals surface area contributed by atoms with E-state index in [1.165, 1.54) is 11.8 Å². The number of methoxy groups -OCH3 is 1. The number of anilines is 2. The normalized spacial score (nSPS) is 13.7. The van der Waals surface area contributed by atoms with E-state index in [9.17, 15) is 9.59 Å². The van der Waals surface area contributed by atoms with Gasteiger partial charge in [0.15, 0.2) is 0 Å². The van der Waals surface area contributed by atoms with E-state index in [1.807, 2.05) is 31.2 Å². The van der Waals surface area contributed by atoms with Gasteiger partial charge in [0.1, 0.15) is 16.4 Å². The van der Waals surface area contributed by atoms with Crippen LogP contribution < -0.4 is 15.0 Å². The Kier molecular flexibility index (Phi) is 6.46. The molecule has 0 bridgehead atoms. The lowest BCUT2D eigenvalue weighted by molar-refractivity contribution is -0.120. The third kappa shape index (κ3) is 4.35. The fraction of sp³-hybridized carbons (Fsp3) is 0.0833. The first kappa shape index (κ1) is 22.3. The van der Waals surface area contributed by atoms with Gasteiger partial charge in [-0.05, 0) is 43.3 Å². The van der Waals surface area contributed by atoms with Crippen LogP contribution in [0.25, 0.3) is 0 Å². The number of imide groups is 1. The molecule has 0 unspecified atom stereocenters. The highest BCUT2D eigenvalue weighted by atomic mass is 35.5. The van der Waals surface area contributed by atoms with Crippen LogP contribution in [-0.4, -0.2) is 18.9 Å². The first-order valence-electron chi connectivity index (χ1n) is 9.61. The van der Waals surface area contributed by atoms with E-state index in [0.29, 0.717) is 11.4 Å². The minimum absolute atomic E-state index is 0.137. The molecule has 2 amide bonds. The largest absolute Gasteiger partial charge is 0.497 e. The fourth-order valence-electron chi connectivity index (χ4n) is 3.17. The topological polar surface area (TPSA) is 58.6 Å². The minimum atomic E-state index is -0.517. The third-order valence-corrected chi connectivity index (χ3v) is 6.69. The molecule has 4 rings (SSSR count). The summed E-state index contributed by atoms with van der Waals surface area (Å²) in [4.78, 5) is 29.0. The molecule has 32 heavy (non-hydrogen) atoms. The number of hydrogen-bond donors (Lipinski definition) is 1. The van der Waals surface area contributed by atoms with Gasteiger partial charge in [0.2, 0.25) is 0 Å². The number of carbonyl (C=O) groups is 2. The summed E-state index contributed by atoms with van der Waals surface area (Å²) in [6.07, 6.45) is 0. The van der Waals surface area contributed by atoms with Crippen LogP contribution in [0.2, 0.25) is 10.0 Å². The van der Waals surface area contributed by atoms with Crippen LogP contribution in [0.15, 0.2) is 82.2 Å². The van der Waals surface area contributed by atoms with E-state index in [-0.39, 0.29) is 26.3 Å². The number of nitrogens with zero attached hydrogens (tertiary/aromatic N) is 1. The molecule has 0 radical (unpaired) electrons. The molecule has 0 aromatic heterocycles. The molecule has 1 aliphatic heterocycles. The van der Waals surface area contributed by atoms with Gasteiger partial charge in [0.25, 0.3) is 11.8 Å². The number of nitrogens with one attached hydrogen (secondary N) is 1. The van der Waals surface area contributed by atoms with Gasteiger partial charge >= 0.3 is 0 Å². The second-order valence-electron chi connectivity index (χ2n) is 6.99. The fourth-order valence-corrected chi connectivity index (χ4v) is 4.47. The number of hydrogen-bond acceptors (Lipinski definition) is 5. The summed E-state index contributed by atoms with van der Waals surface area (Å²) in [5, 5.41) is 3.50. The van der Waals surface area contributed by atoms with E-state index >= 15 is 0 Å². The molecule has 3 aromatic rings. The average Bonchev–Trinajstić information content (AvgIpc) is 3.01. The predicted octanol–water partition coefficient (Wildman–Crippen LogP) is 6.30. The molecule has 1 N–H and O–H groups in total. The molecule has 0 atom stereocenters. The van der Waals surface area contributed by atoms with Crippen molar-refractivity contribution >= 4 is 58.2 Å². The predicted molar refractivity (Wildman–Crippen MR) is 130 cm³/mol. The standard InChI is InChI=1S/C24H18Cl2N2O3S/c1-14-9-11-17(12-10-14)32-22-21(27-15-5-3-6-16(13-15)31-2)23(29)28(24(22)30)19-8-4-7-18(25)20(19)26/h3-13,27H,1-2H3. The molecule has 1 heterocycles. The summed E-state index contributed by atoms with van der Waals surface area (Å²) in [5.41, 5.74) is 2.10. The van der Waals surface area contributed by atoms with E-state index in [4.69, 9.17) is 27.9 Å². The number of rotatable bonds is 6. The summed E-state index contributed by atoms with van der Waals surface area (Å²) in [6, 6.07) is 19.7. The van der Waals surface area contributed by atoms with Crippen molar-refractivity contribution < 1.29 is 14.3 Å². The van der Waals surface area contributed by atoms with Gasteiger partial charge in [-0.15, -0.1) is 0 Å². The average molecular weight is 485 g/mol. The van der Waals surface area contributed by atoms with Crippen molar-refractivity contribution in [2.24, 2.45) is 0 Å². The smallest absolute Gasteiger partial charge is 0.283 e. The number of ether oxygens (including phenoxy) is 1. The first-order chi connectivity index (χ1) is 15.4. The molecule has 0 saturated heterocycles. The van der Waals surface area contributed by atoms with E-state index in [0.717, 1.165) is 15.4 Å². The highest BCUT2D eigenvalue weighted by Crippen LogP contribution is 2.41. The molecule has 0 saturated carbocycles. The van der Waals surface area contributed by atoms with Crippen molar-refractivity contribution in [1.29, 1.82) is 0 Å². The highest BCUT2D eigenvalue weighted by molar-refractivity contribution is 8.04. The maximum Gasteiger partial charge on any atom is 0.283 e. The Morgan fingerprint density at radius 1 is 0.938 bits per heavy atom. The van der Waals surface area contributed by atoms with Gasteiger partial charge in [0, 0.05) is 16.6 Å². The van der Waals surface area contributed by atoms with Crippen LogP contribution >= 0.6 is 35.0 Å². The first-order valence-corrected chi connectivity index (χ1v) is 11.2.